The molecule has 2 aromatic rings. The molecule has 1 nitrogen and oxygen atoms in total. The van der Waals surface area contributed by atoms with Crippen molar-refractivity contribution in [3.05, 3.63) is 55.1 Å². The van der Waals surface area contributed by atoms with Gasteiger partial charge in [0, 0.05) is 10.4 Å². The minimum atomic E-state index is -0.588. The maximum Gasteiger partial charge on any atom is 0.145 e. The molecule has 0 radical (unpaired) electrons. The first-order chi connectivity index (χ1) is 9.04. The summed E-state index contributed by atoms with van der Waals surface area (Å²) in [6.45, 7) is 2.47. The summed E-state index contributed by atoms with van der Waals surface area (Å²) < 4.78 is 29.0. The van der Waals surface area contributed by atoms with Crippen molar-refractivity contribution in [1.29, 1.82) is 0 Å². The summed E-state index contributed by atoms with van der Waals surface area (Å²) in [5.41, 5.74) is 0.00902. The Morgan fingerprint density at radius 3 is 2.63 bits per heavy atom. The van der Waals surface area contributed by atoms with Crippen molar-refractivity contribution in [2.24, 2.45) is 0 Å². The maximum atomic E-state index is 14.2. The molecule has 0 fully saturated rings. The van der Waals surface area contributed by atoms with Crippen LogP contribution in [0.15, 0.2) is 28.7 Å². The number of hydrogen-bond acceptors (Lipinski definition) is 2. The molecule has 1 N–H and O–H groups in total. The summed E-state index contributed by atoms with van der Waals surface area (Å²) in [7, 11) is 0. The average molecular weight is 367 g/mol. The van der Waals surface area contributed by atoms with Gasteiger partial charge in [-0.15, -0.1) is 11.3 Å². The van der Waals surface area contributed by atoms with Gasteiger partial charge in [-0.25, -0.2) is 8.78 Å². The Labute approximate surface area is 127 Å². The summed E-state index contributed by atoms with van der Waals surface area (Å²) in [4.78, 5) is 0.780. The molecule has 0 aliphatic heterocycles. The third kappa shape index (κ3) is 3.16. The second-order valence-corrected chi connectivity index (χ2v) is 6.49. The first-order valence-corrected chi connectivity index (χ1v) is 7.65. The van der Waals surface area contributed by atoms with E-state index in [9.17, 15) is 8.78 Å². The minimum absolute atomic E-state index is 0.00902. The molecule has 0 saturated carbocycles. The van der Waals surface area contributed by atoms with Crippen LogP contribution in [0, 0.1) is 11.6 Å². The van der Waals surface area contributed by atoms with Gasteiger partial charge in [-0.2, -0.15) is 0 Å². The number of benzene rings is 1. The van der Waals surface area contributed by atoms with E-state index in [2.05, 4.69) is 21.2 Å². The lowest BCUT2D eigenvalue weighted by Gasteiger charge is -2.19. The smallest absolute Gasteiger partial charge is 0.145 e. The van der Waals surface area contributed by atoms with Crippen molar-refractivity contribution < 1.29 is 8.78 Å². The number of rotatable bonds is 4. The lowest BCUT2D eigenvalue weighted by atomic mass is 10.0. The van der Waals surface area contributed by atoms with Crippen molar-refractivity contribution in [1.82, 2.24) is 5.32 Å². The zero-order valence-electron chi connectivity index (χ0n) is 10.0. The van der Waals surface area contributed by atoms with Gasteiger partial charge >= 0.3 is 0 Å². The van der Waals surface area contributed by atoms with Crippen LogP contribution in [0.25, 0.3) is 0 Å². The Morgan fingerprint density at radius 1 is 1.32 bits per heavy atom. The molecule has 2 rings (SSSR count). The minimum Gasteiger partial charge on any atom is -0.306 e. The van der Waals surface area contributed by atoms with Gasteiger partial charge in [0.25, 0.3) is 0 Å². The van der Waals surface area contributed by atoms with Gasteiger partial charge in [-0.05, 0) is 46.7 Å². The summed E-state index contributed by atoms with van der Waals surface area (Å²) in [5.74, 6) is -1.16. The van der Waals surface area contributed by atoms with Gasteiger partial charge in [0.1, 0.15) is 11.6 Å². The van der Waals surface area contributed by atoms with Crippen LogP contribution in [-0.2, 0) is 0 Å². The van der Waals surface area contributed by atoms with E-state index in [1.165, 1.54) is 23.5 Å². The second-order valence-electron chi connectivity index (χ2n) is 3.89. The zero-order valence-corrected chi connectivity index (χ0v) is 13.2. The molecule has 0 amide bonds. The monoisotopic (exact) mass is 365 g/mol. The van der Waals surface area contributed by atoms with Crippen LogP contribution in [0.1, 0.15) is 23.4 Å². The Morgan fingerprint density at radius 2 is 2.05 bits per heavy atom. The summed E-state index contributed by atoms with van der Waals surface area (Å²) in [6.07, 6.45) is 0. The van der Waals surface area contributed by atoms with Crippen LogP contribution in [0.5, 0.6) is 0 Å². The van der Waals surface area contributed by atoms with Crippen LogP contribution in [-0.4, -0.2) is 6.54 Å². The predicted octanol–water partition coefficient (Wildman–Crippen LogP) is 5.14. The van der Waals surface area contributed by atoms with Crippen molar-refractivity contribution in [2.75, 3.05) is 6.54 Å². The van der Waals surface area contributed by atoms with Gasteiger partial charge in [0.2, 0.25) is 0 Å². The van der Waals surface area contributed by atoms with E-state index in [-0.39, 0.29) is 10.0 Å². The zero-order chi connectivity index (χ0) is 14.0. The van der Waals surface area contributed by atoms with Crippen LogP contribution < -0.4 is 5.32 Å². The number of nitrogens with one attached hydrogen (secondary N) is 1. The Hall–Kier alpha value is -0.490. The molecule has 1 unspecified atom stereocenters. The molecule has 1 heterocycles. The molecular weight excluding hydrogens is 356 g/mol. The fourth-order valence-corrected chi connectivity index (χ4v) is 3.33. The van der Waals surface area contributed by atoms with E-state index >= 15 is 0 Å². The highest BCUT2D eigenvalue weighted by atomic mass is 79.9. The molecule has 1 aromatic heterocycles. The van der Waals surface area contributed by atoms with Gasteiger partial charge in [-0.1, -0.05) is 18.5 Å². The van der Waals surface area contributed by atoms with Crippen LogP contribution in [0.3, 0.4) is 0 Å². The third-order valence-corrected chi connectivity index (χ3v) is 4.56. The van der Waals surface area contributed by atoms with Gasteiger partial charge < -0.3 is 5.32 Å². The number of halogens is 4. The van der Waals surface area contributed by atoms with E-state index in [1.807, 2.05) is 6.92 Å². The summed E-state index contributed by atoms with van der Waals surface area (Å²) >= 11 is 10.3. The van der Waals surface area contributed by atoms with Crippen LogP contribution in [0.4, 0.5) is 8.78 Å². The highest BCUT2D eigenvalue weighted by molar-refractivity contribution is 9.10. The van der Waals surface area contributed by atoms with Crippen molar-refractivity contribution in [3.63, 3.8) is 0 Å². The van der Waals surface area contributed by atoms with Crippen molar-refractivity contribution in [2.45, 2.75) is 13.0 Å². The van der Waals surface area contributed by atoms with Gasteiger partial charge in [-0.3, -0.25) is 0 Å². The molecule has 19 heavy (non-hydrogen) atoms. The molecular formula is C13H11BrClF2NS. The standard InChI is InChI=1S/C13H11BrClF2NS/c1-2-18-13(9-5-6-10(15)19-9)11-8(16)4-3-7(14)12(11)17/h3-6,13,18H,2H2,1H3. The molecule has 1 aromatic carbocycles. The quantitative estimate of drug-likeness (QED) is 0.739. The number of hydrogen-bond donors (Lipinski definition) is 1. The van der Waals surface area contributed by atoms with Gasteiger partial charge in [0.05, 0.1) is 14.9 Å². The van der Waals surface area contributed by atoms with E-state index < -0.39 is 17.7 Å². The summed E-state index contributed by atoms with van der Waals surface area (Å²) in [5, 5.41) is 3.09. The normalized spacial score (nSPS) is 12.7. The van der Waals surface area contributed by atoms with Gasteiger partial charge in [0.15, 0.2) is 0 Å². The molecule has 0 aliphatic carbocycles. The van der Waals surface area contributed by atoms with Crippen LogP contribution >= 0.6 is 38.9 Å². The molecule has 0 bridgehead atoms. The highest BCUT2D eigenvalue weighted by Crippen LogP contribution is 2.35. The van der Waals surface area contributed by atoms with E-state index in [0.717, 1.165) is 4.88 Å². The molecule has 0 spiro atoms. The highest BCUT2D eigenvalue weighted by Gasteiger charge is 2.24. The predicted molar refractivity (Wildman–Crippen MR) is 78.9 cm³/mol. The lowest BCUT2D eigenvalue weighted by Crippen LogP contribution is -2.23. The molecule has 0 saturated heterocycles. The van der Waals surface area contributed by atoms with E-state index in [0.29, 0.717) is 10.9 Å². The lowest BCUT2D eigenvalue weighted by molar-refractivity contribution is 0.510. The van der Waals surface area contributed by atoms with Crippen molar-refractivity contribution in [3.8, 4) is 0 Å². The maximum absolute atomic E-state index is 14.2. The fourth-order valence-electron chi connectivity index (χ4n) is 1.84. The molecule has 6 heteroatoms. The third-order valence-electron chi connectivity index (χ3n) is 2.65. The molecule has 1 atom stereocenters. The average Bonchev–Trinajstić information content (AvgIpc) is 2.80. The molecule has 102 valence electrons. The number of thiophene rings is 1. The molecule has 0 aliphatic rings. The van der Waals surface area contributed by atoms with E-state index in [4.69, 9.17) is 11.6 Å². The second kappa shape index (κ2) is 6.31. The SMILES string of the molecule is CCNC(c1ccc(Cl)s1)c1c(F)ccc(Br)c1F. The Bertz CT molecular complexity index is 588. The van der Waals surface area contributed by atoms with Crippen LogP contribution in [0.2, 0.25) is 4.34 Å². The fraction of sp³-hybridized carbons (Fsp3) is 0.231. The first kappa shape index (κ1) is 14.9. The topological polar surface area (TPSA) is 12.0 Å². The largest absolute Gasteiger partial charge is 0.306 e. The summed E-state index contributed by atoms with van der Waals surface area (Å²) in [6, 6.07) is 5.57. The Balaban J connectivity index is 2.53. The first-order valence-electron chi connectivity index (χ1n) is 5.66. The Kier molecular flexibility index (Phi) is 4.95. The van der Waals surface area contributed by atoms with Crippen molar-refractivity contribution >= 4 is 38.9 Å². The van der Waals surface area contributed by atoms with E-state index in [1.54, 1.807) is 12.1 Å².